The lowest BCUT2D eigenvalue weighted by Gasteiger charge is -2.28. The second-order valence-electron chi connectivity index (χ2n) is 8.55. The first-order chi connectivity index (χ1) is 16.5. The van der Waals surface area contributed by atoms with Crippen LogP contribution >= 0.6 is 0 Å². The van der Waals surface area contributed by atoms with Crippen LogP contribution in [0.3, 0.4) is 0 Å². The van der Waals surface area contributed by atoms with E-state index in [0.717, 1.165) is 24.2 Å². The molecule has 0 aliphatic carbocycles. The zero-order valence-electron chi connectivity index (χ0n) is 19.6. The molecule has 1 aliphatic heterocycles. The highest BCUT2D eigenvalue weighted by Gasteiger charge is 2.44. The number of aryl methyl sites for hydroxylation is 1. The van der Waals surface area contributed by atoms with Gasteiger partial charge in [0.2, 0.25) is 11.8 Å². The minimum absolute atomic E-state index is 0.00525. The first-order valence-corrected chi connectivity index (χ1v) is 11.8. The van der Waals surface area contributed by atoms with Crippen LogP contribution in [0.2, 0.25) is 0 Å². The highest BCUT2D eigenvalue weighted by molar-refractivity contribution is 5.90. The van der Waals surface area contributed by atoms with Crippen LogP contribution in [0.4, 0.5) is 0 Å². The SMILES string of the molecule is CCCCN1C(=O)CC(C(=O)NCCCn2nc3ccccn3c2=O)C1c1ccc(OC)cc1. The minimum Gasteiger partial charge on any atom is -0.497 e. The number of pyridine rings is 1. The lowest BCUT2D eigenvalue weighted by atomic mass is 9.92. The van der Waals surface area contributed by atoms with Crippen molar-refractivity contribution in [3.05, 3.63) is 64.7 Å². The summed E-state index contributed by atoms with van der Waals surface area (Å²) in [6, 6.07) is 12.7. The zero-order chi connectivity index (χ0) is 24.1. The number of hydrogen-bond donors (Lipinski definition) is 1. The van der Waals surface area contributed by atoms with E-state index in [9.17, 15) is 14.4 Å². The van der Waals surface area contributed by atoms with E-state index in [1.54, 1.807) is 25.4 Å². The van der Waals surface area contributed by atoms with Crippen molar-refractivity contribution in [3.63, 3.8) is 0 Å². The Bertz CT molecular complexity index is 1200. The molecule has 2 amide bonds. The van der Waals surface area contributed by atoms with E-state index < -0.39 is 5.92 Å². The van der Waals surface area contributed by atoms with Crippen molar-refractivity contribution in [2.24, 2.45) is 5.92 Å². The molecule has 1 fully saturated rings. The fourth-order valence-corrected chi connectivity index (χ4v) is 4.52. The second kappa shape index (κ2) is 10.5. The second-order valence-corrected chi connectivity index (χ2v) is 8.55. The third-order valence-electron chi connectivity index (χ3n) is 6.31. The van der Waals surface area contributed by atoms with E-state index in [1.807, 2.05) is 35.2 Å². The Balaban J connectivity index is 1.41. The van der Waals surface area contributed by atoms with Gasteiger partial charge in [-0.25, -0.2) is 9.48 Å². The molecule has 180 valence electrons. The van der Waals surface area contributed by atoms with Crippen LogP contribution in [0.15, 0.2) is 53.5 Å². The number of aromatic nitrogens is 3. The van der Waals surface area contributed by atoms with E-state index in [4.69, 9.17) is 4.74 Å². The van der Waals surface area contributed by atoms with Crippen LogP contribution in [-0.2, 0) is 16.1 Å². The molecule has 9 heteroatoms. The molecule has 2 unspecified atom stereocenters. The molecular formula is C25H31N5O4. The smallest absolute Gasteiger partial charge is 0.350 e. The number of ether oxygens (including phenoxy) is 1. The van der Waals surface area contributed by atoms with Gasteiger partial charge in [0.05, 0.1) is 19.1 Å². The Labute approximate surface area is 198 Å². The van der Waals surface area contributed by atoms with Gasteiger partial charge >= 0.3 is 5.69 Å². The van der Waals surface area contributed by atoms with Gasteiger partial charge in [-0.15, -0.1) is 5.10 Å². The quantitative estimate of drug-likeness (QED) is 0.464. The van der Waals surface area contributed by atoms with Crippen molar-refractivity contribution in [1.29, 1.82) is 0 Å². The summed E-state index contributed by atoms with van der Waals surface area (Å²) in [7, 11) is 1.61. The minimum atomic E-state index is -0.462. The average Bonchev–Trinajstić information content (AvgIpc) is 3.36. The molecule has 2 aromatic heterocycles. The normalized spacial score (nSPS) is 17.9. The standard InChI is InChI=1S/C25H31N5O4/c1-3-4-14-29-22(31)17-20(23(29)18-9-11-19(34-2)12-10-18)24(32)26-13-7-16-30-25(33)28-15-6-5-8-21(28)27-30/h5-6,8-12,15,20,23H,3-4,7,13-14,16-17H2,1-2H3,(H,26,32). The highest BCUT2D eigenvalue weighted by Crippen LogP contribution is 2.39. The van der Waals surface area contributed by atoms with Gasteiger partial charge in [-0.2, -0.15) is 0 Å². The van der Waals surface area contributed by atoms with E-state index in [-0.39, 0.29) is 30.0 Å². The molecule has 4 rings (SSSR count). The van der Waals surface area contributed by atoms with Crippen molar-refractivity contribution >= 4 is 17.5 Å². The van der Waals surface area contributed by atoms with E-state index in [0.29, 0.717) is 31.7 Å². The molecule has 9 nitrogen and oxygen atoms in total. The molecule has 3 heterocycles. The molecule has 1 aliphatic rings. The maximum Gasteiger partial charge on any atom is 0.350 e. The fraction of sp³-hybridized carbons (Fsp3) is 0.440. The van der Waals surface area contributed by atoms with E-state index in [1.165, 1.54) is 9.08 Å². The molecule has 3 aromatic rings. The third kappa shape index (κ3) is 4.83. The molecular weight excluding hydrogens is 434 g/mol. The van der Waals surface area contributed by atoms with Crippen molar-refractivity contribution in [2.45, 2.75) is 45.2 Å². The van der Waals surface area contributed by atoms with Gasteiger partial charge in [0, 0.05) is 32.3 Å². The maximum absolute atomic E-state index is 13.1. The number of rotatable bonds is 10. The summed E-state index contributed by atoms with van der Waals surface area (Å²) in [5, 5.41) is 7.29. The Morgan fingerprint density at radius 1 is 1.12 bits per heavy atom. The van der Waals surface area contributed by atoms with Crippen molar-refractivity contribution in [2.75, 3.05) is 20.2 Å². The summed E-state index contributed by atoms with van der Waals surface area (Å²) in [4.78, 5) is 40.2. The monoisotopic (exact) mass is 465 g/mol. The first-order valence-electron chi connectivity index (χ1n) is 11.8. The maximum atomic E-state index is 13.1. The van der Waals surface area contributed by atoms with Gasteiger partial charge in [-0.3, -0.25) is 14.0 Å². The predicted octanol–water partition coefficient (Wildman–Crippen LogP) is 2.40. The Morgan fingerprint density at radius 3 is 2.62 bits per heavy atom. The fourth-order valence-electron chi connectivity index (χ4n) is 4.52. The van der Waals surface area contributed by atoms with E-state index in [2.05, 4.69) is 17.3 Å². The Kier molecular flexibility index (Phi) is 7.30. The number of benzene rings is 1. The molecule has 0 bridgehead atoms. The largest absolute Gasteiger partial charge is 0.497 e. The number of unbranched alkanes of at least 4 members (excludes halogenated alkanes) is 1. The molecule has 34 heavy (non-hydrogen) atoms. The number of fused-ring (bicyclic) bond motifs is 1. The lowest BCUT2D eigenvalue weighted by molar-refractivity contribution is -0.129. The van der Waals surface area contributed by atoms with Gasteiger partial charge in [0.1, 0.15) is 5.75 Å². The Hall–Kier alpha value is -3.62. The molecule has 0 spiro atoms. The number of likely N-dealkylation sites (tertiary alicyclic amines) is 1. The summed E-state index contributed by atoms with van der Waals surface area (Å²) in [6.45, 7) is 3.51. The third-order valence-corrected chi connectivity index (χ3v) is 6.31. The van der Waals surface area contributed by atoms with Crippen LogP contribution in [-0.4, -0.2) is 51.1 Å². The summed E-state index contributed by atoms with van der Waals surface area (Å²) in [5.41, 5.74) is 1.32. The van der Waals surface area contributed by atoms with Gasteiger partial charge in [-0.1, -0.05) is 31.5 Å². The summed E-state index contributed by atoms with van der Waals surface area (Å²) in [5.74, 6) is 0.133. The average molecular weight is 466 g/mol. The highest BCUT2D eigenvalue weighted by atomic mass is 16.5. The first kappa shape index (κ1) is 23.5. The molecule has 0 radical (unpaired) electrons. The number of nitrogens with one attached hydrogen (secondary N) is 1. The summed E-state index contributed by atoms with van der Waals surface area (Å²) in [6.07, 6.45) is 4.30. The van der Waals surface area contributed by atoms with Crippen molar-refractivity contribution in [3.8, 4) is 5.75 Å². The molecule has 1 saturated heterocycles. The van der Waals surface area contributed by atoms with Crippen LogP contribution < -0.4 is 15.7 Å². The molecule has 1 aromatic carbocycles. The van der Waals surface area contributed by atoms with E-state index >= 15 is 0 Å². The van der Waals surface area contributed by atoms with Crippen molar-refractivity contribution < 1.29 is 14.3 Å². The lowest BCUT2D eigenvalue weighted by Crippen LogP contribution is -2.36. The number of methoxy groups -OCH3 is 1. The molecule has 0 saturated carbocycles. The predicted molar refractivity (Wildman–Crippen MR) is 128 cm³/mol. The van der Waals surface area contributed by atoms with Crippen molar-refractivity contribution in [1.82, 2.24) is 24.4 Å². The number of amides is 2. The van der Waals surface area contributed by atoms with Crippen LogP contribution in [0, 0.1) is 5.92 Å². The summed E-state index contributed by atoms with van der Waals surface area (Å²) >= 11 is 0. The molecule has 2 atom stereocenters. The van der Waals surface area contributed by atoms with Gasteiger partial charge in [-0.05, 0) is 42.7 Å². The van der Waals surface area contributed by atoms with Gasteiger partial charge in [0.25, 0.3) is 0 Å². The van der Waals surface area contributed by atoms with Crippen LogP contribution in [0.25, 0.3) is 5.65 Å². The number of carbonyl (C=O) groups is 2. The molecule has 1 N–H and O–H groups in total. The Morgan fingerprint density at radius 2 is 1.91 bits per heavy atom. The van der Waals surface area contributed by atoms with Gasteiger partial charge in [0.15, 0.2) is 5.65 Å². The van der Waals surface area contributed by atoms with Crippen LogP contribution in [0.1, 0.15) is 44.2 Å². The van der Waals surface area contributed by atoms with Crippen LogP contribution in [0.5, 0.6) is 5.75 Å². The topological polar surface area (TPSA) is 97.9 Å². The summed E-state index contributed by atoms with van der Waals surface area (Å²) < 4.78 is 8.16. The number of nitrogens with zero attached hydrogens (tertiary/aromatic N) is 4. The van der Waals surface area contributed by atoms with Gasteiger partial charge < -0.3 is 15.0 Å². The number of hydrogen-bond acceptors (Lipinski definition) is 5. The number of carbonyl (C=O) groups excluding carboxylic acids is 2. The zero-order valence-corrected chi connectivity index (χ0v) is 19.6.